The van der Waals surface area contributed by atoms with Crippen LogP contribution in [-0.2, 0) is 0 Å². The van der Waals surface area contributed by atoms with Gasteiger partial charge in [0.1, 0.15) is 0 Å². The van der Waals surface area contributed by atoms with Gasteiger partial charge in [-0.15, -0.1) is 0 Å². The van der Waals surface area contributed by atoms with Gasteiger partial charge in [0.05, 0.1) is 11.7 Å². The Morgan fingerprint density at radius 2 is 2.28 bits per heavy atom. The van der Waals surface area contributed by atoms with Crippen LogP contribution in [0.25, 0.3) is 0 Å². The maximum atomic E-state index is 6.38. The Hall–Kier alpha value is -0.450. The standard InChI is InChI=1S/C14H22BrN3/c1-2-8-18-9-4-3-5-12(16)14(18)13-7-6-11(15)10-17-13/h6-7,10,12,14H,2-5,8-9,16H2,1H3. The number of hydrogen-bond donors (Lipinski definition) is 1. The van der Waals surface area contributed by atoms with Crippen molar-refractivity contribution < 1.29 is 0 Å². The molecule has 2 rings (SSSR count). The predicted molar refractivity (Wildman–Crippen MR) is 78.4 cm³/mol. The van der Waals surface area contributed by atoms with Crippen molar-refractivity contribution in [1.82, 2.24) is 9.88 Å². The highest BCUT2D eigenvalue weighted by atomic mass is 79.9. The topological polar surface area (TPSA) is 42.1 Å². The maximum absolute atomic E-state index is 6.38. The minimum absolute atomic E-state index is 0.202. The molecule has 18 heavy (non-hydrogen) atoms. The van der Waals surface area contributed by atoms with Crippen molar-refractivity contribution in [2.24, 2.45) is 5.73 Å². The van der Waals surface area contributed by atoms with Crippen LogP contribution in [0.1, 0.15) is 44.3 Å². The van der Waals surface area contributed by atoms with Crippen LogP contribution in [0, 0.1) is 0 Å². The number of halogens is 1. The van der Waals surface area contributed by atoms with Crippen molar-refractivity contribution in [1.29, 1.82) is 0 Å². The molecule has 3 nitrogen and oxygen atoms in total. The van der Waals surface area contributed by atoms with E-state index in [2.05, 4.69) is 44.9 Å². The lowest BCUT2D eigenvalue weighted by Gasteiger charge is -2.32. The average Bonchev–Trinajstić information content (AvgIpc) is 2.53. The van der Waals surface area contributed by atoms with E-state index in [0.29, 0.717) is 0 Å². The summed E-state index contributed by atoms with van der Waals surface area (Å²) in [6.07, 6.45) is 6.62. The molecule has 0 bridgehead atoms. The van der Waals surface area contributed by atoms with E-state index in [1.54, 1.807) is 0 Å². The molecule has 1 aromatic heterocycles. The lowest BCUT2D eigenvalue weighted by molar-refractivity contribution is 0.182. The summed E-state index contributed by atoms with van der Waals surface area (Å²) in [4.78, 5) is 7.07. The first kappa shape index (κ1) is 14.0. The van der Waals surface area contributed by atoms with Gasteiger partial charge >= 0.3 is 0 Å². The van der Waals surface area contributed by atoms with E-state index in [-0.39, 0.29) is 12.1 Å². The molecule has 2 unspecified atom stereocenters. The first-order chi connectivity index (χ1) is 8.72. The molecule has 4 heteroatoms. The summed E-state index contributed by atoms with van der Waals surface area (Å²) in [5, 5.41) is 0. The number of aromatic nitrogens is 1. The highest BCUT2D eigenvalue weighted by Gasteiger charge is 2.29. The molecule has 2 heterocycles. The first-order valence-corrected chi connectivity index (χ1v) is 7.62. The van der Waals surface area contributed by atoms with Gasteiger partial charge in [0, 0.05) is 16.7 Å². The van der Waals surface area contributed by atoms with Gasteiger partial charge < -0.3 is 5.73 Å². The Bertz CT molecular complexity index is 366. The molecule has 2 atom stereocenters. The van der Waals surface area contributed by atoms with Crippen LogP contribution in [0.3, 0.4) is 0 Å². The summed E-state index contributed by atoms with van der Waals surface area (Å²) in [6.45, 7) is 4.47. The van der Waals surface area contributed by atoms with Crippen LogP contribution in [0.15, 0.2) is 22.8 Å². The smallest absolute Gasteiger partial charge is 0.0673 e. The van der Waals surface area contributed by atoms with Gasteiger partial charge in [0.15, 0.2) is 0 Å². The molecule has 1 aliphatic heterocycles. The number of rotatable bonds is 3. The first-order valence-electron chi connectivity index (χ1n) is 6.83. The quantitative estimate of drug-likeness (QED) is 0.932. The van der Waals surface area contributed by atoms with Crippen LogP contribution in [0.4, 0.5) is 0 Å². The third-order valence-corrected chi connectivity index (χ3v) is 4.06. The molecule has 0 aliphatic carbocycles. The summed E-state index contributed by atoms with van der Waals surface area (Å²) in [6, 6.07) is 4.64. The third-order valence-electron chi connectivity index (χ3n) is 3.60. The number of pyridine rings is 1. The van der Waals surface area contributed by atoms with Crippen molar-refractivity contribution in [3.8, 4) is 0 Å². The molecule has 1 saturated heterocycles. The summed E-state index contributed by atoms with van der Waals surface area (Å²) in [7, 11) is 0. The molecule has 1 fully saturated rings. The van der Waals surface area contributed by atoms with Crippen LogP contribution in [0.2, 0.25) is 0 Å². The maximum Gasteiger partial charge on any atom is 0.0673 e. The van der Waals surface area contributed by atoms with E-state index < -0.39 is 0 Å². The third kappa shape index (κ3) is 3.31. The van der Waals surface area contributed by atoms with Crippen molar-refractivity contribution >= 4 is 15.9 Å². The normalized spacial score (nSPS) is 25.9. The van der Waals surface area contributed by atoms with Gasteiger partial charge in [0.2, 0.25) is 0 Å². The lowest BCUT2D eigenvalue weighted by atomic mass is 10.0. The molecule has 0 amide bonds. The molecule has 1 aromatic rings. The van der Waals surface area contributed by atoms with Gasteiger partial charge in [-0.05, 0) is 60.4 Å². The molecule has 2 N–H and O–H groups in total. The van der Waals surface area contributed by atoms with E-state index in [0.717, 1.165) is 29.7 Å². The van der Waals surface area contributed by atoms with Crippen molar-refractivity contribution in [2.45, 2.75) is 44.7 Å². The van der Waals surface area contributed by atoms with Crippen molar-refractivity contribution in [3.05, 3.63) is 28.5 Å². The molecule has 100 valence electrons. The van der Waals surface area contributed by atoms with Crippen LogP contribution in [-0.4, -0.2) is 29.0 Å². The second kappa shape index (κ2) is 6.64. The fraction of sp³-hybridized carbons (Fsp3) is 0.643. The fourth-order valence-electron chi connectivity index (χ4n) is 2.77. The zero-order valence-electron chi connectivity index (χ0n) is 11.0. The van der Waals surface area contributed by atoms with E-state index >= 15 is 0 Å². The molecule has 0 radical (unpaired) electrons. The zero-order chi connectivity index (χ0) is 13.0. The Balaban J connectivity index is 2.24. The van der Waals surface area contributed by atoms with E-state index in [1.165, 1.54) is 19.3 Å². The fourth-order valence-corrected chi connectivity index (χ4v) is 3.00. The van der Waals surface area contributed by atoms with Gasteiger partial charge in [-0.3, -0.25) is 9.88 Å². The molecule has 1 aliphatic rings. The van der Waals surface area contributed by atoms with Gasteiger partial charge in [-0.25, -0.2) is 0 Å². The lowest BCUT2D eigenvalue weighted by Crippen LogP contribution is -2.40. The predicted octanol–water partition coefficient (Wildman–Crippen LogP) is 3.11. The summed E-state index contributed by atoms with van der Waals surface area (Å²) < 4.78 is 1.02. The highest BCUT2D eigenvalue weighted by Crippen LogP contribution is 2.28. The van der Waals surface area contributed by atoms with Crippen molar-refractivity contribution in [3.63, 3.8) is 0 Å². The minimum atomic E-state index is 0.202. The second-order valence-electron chi connectivity index (χ2n) is 5.04. The molecular formula is C14H22BrN3. The second-order valence-corrected chi connectivity index (χ2v) is 5.96. The van der Waals surface area contributed by atoms with E-state index in [1.807, 2.05) is 6.20 Å². The number of nitrogens with two attached hydrogens (primary N) is 1. The van der Waals surface area contributed by atoms with Gasteiger partial charge in [0.25, 0.3) is 0 Å². The monoisotopic (exact) mass is 311 g/mol. The van der Waals surface area contributed by atoms with Crippen LogP contribution < -0.4 is 5.73 Å². The largest absolute Gasteiger partial charge is 0.326 e. The van der Waals surface area contributed by atoms with Crippen molar-refractivity contribution in [2.75, 3.05) is 13.1 Å². The summed E-state index contributed by atoms with van der Waals surface area (Å²) in [5.74, 6) is 0. The Labute approximate surface area is 118 Å². The zero-order valence-corrected chi connectivity index (χ0v) is 12.6. The Morgan fingerprint density at radius 1 is 1.44 bits per heavy atom. The van der Waals surface area contributed by atoms with Crippen LogP contribution >= 0.6 is 15.9 Å². The van der Waals surface area contributed by atoms with E-state index in [9.17, 15) is 0 Å². The Kier molecular flexibility index (Phi) is 5.15. The van der Waals surface area contributed by atoms with E-state index in [4.69, 9.17) is 5.73 Å². The molecule has 0 spiro atoms. The van der Waals surface area contributed by atoms with Gasteiger partial charge in [-0.2, -0.15) is 0 Å². The number of hydrogen-bond acceptors (Lipinski definition) is 3. The van der Waals surface area contributed by atoms with Gasteiger partial charge in [-0.1, -0.05) is 13.3 Å². The minimum Gasteiger partial charge on any atom is -0.326 e. The van der Waals surface area contributed by atoms with Crippen LogP contribution in [0.5, 0.6) is 0 Å². The SMILES string of the molecule is CCCN1CCCCC(N)C1c1ccc(Br)cn1. The molecular weight excluding hydrogens is 290 g/mol. The summed E-state index contributed by atoms with van der Waals surface area (Å²) >= 11 is 3.44. The Morgan fingerprint density at radius 3 is 2.94 bits per heavy atom. The average molecular weight is 312 g/mol. The molecule has 0 aromatic carbocycles. The summed E-state index contributed by atoms with van der Waals surface area (Å²) in [5.41, 5.74) is 7.49. The number of likely N-dealkylation sites (tertiary alicyclic amines) is 1. The highest BCUT2D eigenvalue weighted by molar-refractivity contribution is 9.10. The molecule has 0 saturated carbocycles. The number of nitrogens with zero attached hydrogens (tertiary/aromatic N) is 2.